The van der Waals surface area contributed by atoms with Crippen LogP contribution in [-0.4, -0.2) is 39.3 Å². The Kier molecular flexibility index (Phi) is 4.19. The van der Waals surface area contributed by atoms with Gasteiger partial charge in [0.25, 0.3) is 0 Å². The average molecular weight is 260 g/mol. The van der Waals surface area contributed by atoms with Gasteiger partial charge in [-0.2, -0.15) is 4.31 Å². The molecule has 0 heterocycles. The number of hydrogen-bond donors (Lipinski definition) is 1. The third kappa shape index (κ3) is 3.24. The summed E-state index contributed by atoms with van der Waals surface area (Å²) < 4.78 is 37.6. The van der Waals surface area contributed by atoms with Gasteiger partial charge in [-0.25, -0.2) is 12.8 Å². The first-order valence-corrected chi connectivity index (χ1v) is 6.24. The van der Waals surface area contributed by atoms with Crippen LogP contribution >= 0.6 is 0 Å². The van der Waals surface area contributed by atoms with Crippen molar-refractivity contribution in [3.63, 3.8) is 0 Å². The Morgan fingerprint density at radius 1 is 1.47 bits per heavy atom. The van der Waals surface area contributed by atoms with E-state index in [1.165, 1.54) is 26.2 Å². The Bertz CT molecular complexity index is 516. The van der Waals surface area contributed by atoms with Crippen molar-refractivity contribution in [2.45, 2.75) is 4.90 Å². The number of benzene rings is 1. The molecule has 0 spiro atoms. The molecule has 0 aliphatic carbocycles. The van der Waals surface area contributed by atoms with E-state index in [2.05, 4.69) is 5.32 Å². The van der Waals surface area contributed by atoms with Crippen molar-refractivity contribution in [1.82, 2.24) is 9.62 Å². The topological polar surface area (TPSA) is 66.5 Å². The summed E-state index contributed by atoms with van der Waals surface area (Å²) in [6, 6.07) is 4.64. The second-order valence-corrected chi connectivity index (χ2v) is 5.44. The predicted molar refractivity (Wildman–Crippen MR) is 60.3 cm³/mol. The normalized spacial score (nSPS) is 11.5. The summed E-state index contributed by atoms with van der Waals surface area (Å²) in [5.74, 6) is -1.08. The molecule has 94 valence electrons. The smallest absolute Gasteiger partial charge is 0.243 e. The quantitative estimate of drug-likeness (QED) is 0.840. The zero-order valence-electron chi connectivity index (χ0n) is 9.47. The Morgan fingerprint density at radius 3 is 2.65 bits per heavy atom. The lowest BCUT2D eigenvalue weighted by molar-refractivity contribution is -0.120. The first-order chi connectivity index (χ1) is 7.87. The summed E-state index contributed by atoms with van der Waals surface area (Å²) >= 11 is 0. The van der Waals surface area contributed by atoms with Crippen LogP contribution in [0.3, 0.4) is 0 Å². The van der Waals surface area contributed by atoms with Crippen molar-refractivity contribution in [2.75, 3.05) is 20.6 Å². The molecule has 0 bridgehead atoms. The molecule has 0 saturated carbocycles. The monoisotopic (exact) mass is 260 g/mol. The average Bonchev–Trinajstić information content (AvgIpc) is 2.28. The second-order valence-electron chi connectivity index (χ2n) is 3.39. The van der Waals surface area contributed by atoms with E-state index in [1.807, 2.05) is 0 Å². The molecule has 0 unspecified atom stereocenters. The number of carbonyl (C=O) groups is 1. The van der Waals surface area contributed by atoms with Crippen molar-refractivity contribution < 1.29 is 17.6 Å². The molecule has 0 atom stereocenters. The first kappa shape index (κ1) is 13.6. The number of nitrogens with zero attached hydrogens (tertiary/aromatic N) is 1. The summed E-state index contributed by atoms with van der Waals surface area (Å²) in [6.45, 7) is -0.310. The van der Waals surface area contributed by atoms with Gasteiger partial charge in [-0.15, -0.1) is 0 Å². The van der Waals surface area contributed by atoms with Crippen LogP contribution < -0.4 is 5.32 Å². The number of nitrogens with one attached hydrogen (secondary N) is 1. The van der Waals surface area contributed by atoms with Gasteiger partial charge in [-0.05, 0) is 18.2 Å². The molecule has 0 radical (unpaired) electrons. The lowest BCUT2D eigenvalue weighted by atomic mass is 10.4. The summed E-state index contributed by atoms with van der Waals surface area (Å²) in [5.41, 5.74) is 0. The van der Waals surface area contributed by atoms with Gasteiger partial charge in [-0.3, -0.25) is 4.79 Å². The summed E-state index contributed by atoms with van der Waals surface area (Å²) in [6.07, 6.45) is 0. The van der Waals surface area contributed by atoms with Gasteiger partial charge in [-0.1, -0.05) is 6.07 Å². The van der Waals surface area contributed by atoms with Gasteiger partial charge < -0.3 is 5.32 Å². The first-order valence-electron chi connectivity index (χ1n) is 4.80. The van der Waals surface area contributed by atoms with E-state index in [4.69, 9.17) is 0 Å². The van der Waals surface area contributed by atoms with E-state index in [1.54, 1.807) is 0 Å². The van der Waals surface area contributed by atoms with E-state index in [0.717, 1.165) is 16.4 Å². The molecule has 0 fully saturated rings. The van der Waals surface area contributed by atoms with Gasteiger partial charge in [0.05, 0.1) is 11.4 Å². The van der Waals surface area contributed by atoms with Gasteiger partial charge >= 0.3 is 0 Å². The largest absolute Gasteiger partial charge is 0.358 e. The lowest BCUT2D eigenvalue weighted by Gasteiger charge is -2.16. The molecule has 0 aromatic heterocycles. The molecule has 17 heavy (non-hydrogen) atoms. The number of rotatable bonds is 4. The van der Waals surface area contributed by atoms with Gasteiger partial charge in [0.2, 0.25) is 15.9 Å². The molecule has 1 N–H and O–H groups in total. The van der Waals surface area contributed by atoms with Gasteiger partial charge in [0.1, 0.15) is 5.82 Å². The minimum Gasteiger partial charge on any atom is -0.358 e. The zero-order chi connectivity index (χ0) is 13.1. The van der Waals surface area contributed by atoms with Crippen molar-refractivity contribution in [2.24, 2.45) is 0 Å². The van der Waals surface area contributed by atoms with E-state index in [-0.39, 0.29) is 11.4 Å². The number of halogens is 1. The minimum absolute atomic E-state index is 0.177. The van der Waals surface area contributed by atoms with Crippen LogP contribution in [-0.2, 0) is 14.8 Å². The van der Waals surface area contributed by atoms with Crippen molar-refractivity contribution >= 4 is 15.9 Å². The van der Waals surface area contributed by atoms with Crippen LogP contribution in [0, 0.1) is 5.82 Å². The predicted octanol–water partition coefficient (Wildman–Crippen LogP) is 0.192. The third-order valence-corrected chi connectivity index (χ3v) is 3.95. The highest BCUT2D eigenvalue weighted by Crippen LogP contribution is 2.14. The fourth-order valence-corrected chi connectivity index (χ4v) is 2.33. The molecule has 1 aromatic rings. The van der Waals surface area contributed by atoms with Crippen LogP contribution in [0.5, 0.6) is 0 Å². The molecular weight excluding hydrogens is 247 g/mol. The number of hydrogen-bond acceptors (Lipinski definition) is 3. The van der Waals surface area contributed by atoms with E-state index in [0.29, 0.717) is 0 Å². The summed E-state index contributed by atoms with van der Waals surface area (Å²) in [4.78, 5) is 10.9. The molecular formula is C10H13FN2O3S. The SMILES string of the molecule is CNC(=O)CN(C)S(=O)(=O)c1cccc(F)c1. The maximum absolute atomic E-state index is 12.9. The van der Waals surface area contributed by atoms with Crippen molar-refractivity contribution in [3.05, 3.63) is 30.1 Å². The third-order valence-electron chi connectivity index (χ3n) is 2.15. The number of carbonyl (C=O) groups excluding carboxylic acids is 1. The molecule has 7 heteroatoms. The molecule has 0 aliphatic heterocycles. The van der Waals surface area contributed by atoms with Crippen LogP contribution in [0.2, 0.25) is 0 Å². The van der Waals surface area contributed by atoms with Crippen molar-refractivity contribution in [3.8, 4) is 0 Å². The molecule has 0 saturated heterocycles. The highest BCUT2D eigenvalue weighted by molar-refractivity contribution is 7.89. The molecule has 0 aliphatic rings. The molecule has 1 aromatic carbocycles. The Labute approximate surface area is 99.3 Å². The Hall–Kier alpha value is -1.47. The number of sulfonamides is 1. The lowest BCUT2D eigenvalue weighted by Crippen LogP contribution is -2.36. The van der Waals surface area contributed by atoms with E-state index in [9.17, 15) is 17.6 Å². The minimum atomic E-state index is -3.83. The summed E-state index contributed by atoms with van der Waals surface area (Å²) in [5, 5.41) is 2.31. The fourth-order valence-electron chi connectivity index (χ4n) is 1.17. The maximum Gasteiger partial charge on any atom is 0.243 e. The molecule has 1 amide bonds. The van der Waals surface area contributed by atoms with Crippen LogP contribution in [0.1, 0.15) is 0 Å². The van der Waals surface area contributed by atoms with Crippen LogP contribution in [0.15, 0.2) is 29.2 Å². The second kappa shape index (κ2) is 5.24. The number of likely N-dealkylation sites (N-methyl/N-ethyl adjacent to an activating group) is 2. The van der Waals surface area contributed by atoms with Gasteiger partial charge in [0.15, 0.2) is 0 Å². The van der Waals surface area contributed by atoms with Crippen molar-refractivity contribution in [1.29, 1.82) is 0 Å². The molecule has 5 nitrogen and oxygen atoms in total. The van der Waals surface area contributed by atoms with Crippen LogP contribution in [0.4, 0.5) is 4.39 Å². The fraction of sp³-hybridized carbons (Fsp3) is 0.300. The highest BCUT2D eigenvalue weighted by Gasteiger charge is 2.22. The van der Waals surface area contributed by atoms with Gasteiger partial charge in [0, 0.05) is 14.1 Å². The van der Waals surface area contributed by atoms with E-state index >= 15 is 0 Å². The Balaban J connectivity index is 2.99. The molecule has 1 rings (SSSR count). The highest BCUT2D eigenvalue weighted by atomic mass is 32.2. The standard InChI is InChI=1S/C10H13FN2O3S/c1-12-10(14)7-13(2)17(15,16)9-5-3-4-8(11)6-9/h3-6H,7H2,1-2H3,(H,12,14). The Morgan fingerprint density at radius 2 is 2.12 bits per heavy atom. The van der Waals surface area contributed by atoms with E-state index < -0.39 is 21.7 Å². The zero-order valence-corrected chi connectivity index (χ0v) is 10.3. The summed E-state index contributed by atoms with van der Waals surface area (Å²) in [7, 11) is -1.17. The number of amides is 1. The van der Waals surface area contributed by atoms with Crippen LogP contribution in [0.25, 0.3) is 0 Å². The maximum atomic E-state index is 12.9.